The molecule has 0 atom stereocenters. The molecule has 3 heterocycles. The van der Waals surface area contributed by atoms with Gasteiger partial charge in [-0.15, -0.1) is 0 Å². The van der Waals surface area contributed by atoms with Crippen molar-refractivity contribution >= 4 is 10.9 Å². The highest BCUT2D eigenvalue weighted by Gasteiger charge is 2.17. The van der Waals surface area contributed by atoms with E-state index >= 15 is 0 Å². The summed E-state index contributed by atoms with van der Waals surface area (Å²) in [5.41, 5.74) is 1.26. The van der Waals surface area contributed by atoms with Crippen LogP contribution in [-0.2, 0) is 6.54 Å². The second-order valence-corrected chi connectivity index (χ2v) is 6.15. The standard InChI is InChI=1S/C19H14N4O4/c1-11-20-14-5-3-2-4-13(14)19(24)23(11)9-17-21-18(27-22-17)12-6-7-15-16(8-12)26-10-25-15/h2-8H,9-10H2,1H3. The van der Waals surface area contributed by atoms with Crippen LogP contribution in [0.15, 0.2) is 51.8 Å². The van der Waals surface area contributed by atoms with E-state index in [1.807, 2.05) is 24.3 Å². The fourth-order valence-electron chi connectivity index (χ4n) is 3.07. The average molecular weight is 362 g/mol. The smallest absolute Gasteiger partial charge is 0.261 e. The maximum absolute atomic E-state index is 12.8. The Kier molecular flexibility index (Phi) is 3.43. The van der Waals surface area contributed by atoms with Crippen LogP contribution in [0.5, 0.6) is 11.5 Å². The molecule has 0 spiro atoms. The highest BCUT2D eigenvalue weighted by molar-refractivity contribution is 5.77. The topological polar surface area (TPSA) is 92.3 Å². The molecule has 0 saturated heterocycles. The third-order valence-corrected chi connectivity index (χ3v) is 4.44. The molecule has 27 heavy (non-hydrogen) atoms. The van der Waals surface area contributed by atoms with Crippen LogP contribution in [0, 0.1) is 6.92 Å². The van der Waals surface area contributed by atoms with Gasteiger partial charge in [-0.25, -0.2) is 4.98 Å². The molecule has 0 unspecified atom stereocenters. The Balaban J connectivity index is 1.49. The predicted octanol–water partition coefficient (Wildman–Crippen LogP) is 2.53. The Labute approximate surface area is 153 Å². The summed E-state index contributed by atoms with van der Waals surface area (Å²) in [4.78, 5) is 21.6. The van der Waals surface area contributed by atoms with Crippen molar-refractivity contribution in [1.82, 2.24) is 19.7 Å². The lowest BCUT2D eigenvalue weighted by Gasteiger charge is -2.08. The van der Waals surface area contributed by atoms with Crippen LogP contribution >= 0.6 is 0 Å². The highest BCUT2D eigenvalue weighted by Crippen LogP contribution is 2.35. The van der Waals surface area contributed by atoms with Crippen LogP contribution in [0.3, 0.4) is 0 Å². The number of fused-ring (bicyclic) bond motifs is 2. The number of hydrogen-bond donors (Lipinski definition) is 0. The zero-order chi connectivity index (χ0) is 18.4. The molecule has 134 valence electrons. The monoisotopic (exact) mass is 362 g/mol. The molecule has 1 aliphatic heterocycles. The maximum Gasteiger partial charge on any atom is 0.261 e. The van der Waals surface area contributed by atoms with Crippen LogP contribution in [0.1, 0.15) is 11.6 Å². The van der Waals surface area contributed by atoms with E-state index < -0.39 is 0 Å². The van der Waals surface area contributed by atoms with Crippen molar-refractivity contribution in [3.63, 3.8) is 0 Å². The predicted molar refractivity (Wildman–Crippen MR) is 95.7 cm³/mol. The van der Waals surface area contributed by atoms with E-state index in [1.54, 1.807) is 25.1 Å². The zero-order valence-electron chi connectivity index (χ0n) is 14.4. The molecule has 0 saturated carbocycles. The molecule has 0 amide bonds. The van der Waals surface area contributed by atoms with Crippen LogP contribution in [0.25, 0.3) is 22.4 Å². The van der Waals surface area contributed by atoms with Gasteiger partial charge in [0.1, 0.15) is 5.82 Å². The van der Waals surface area contributed by atoms with E-state index in [1.165, 1.54) is 4.57 Å². The van der Waals surface area contributed by atoms with Crippen molar-refractivity contribution in [2.45, 2.75) is 13.5 Å². The van der Waals surface area contributed by atoms with Gasteiger partial charge in [-0.3, -0.25) is 9.36 Å². The van der Waals surface area contributed by atoms with Crippen LogP contribution in [0.4, 0.5) is 0 Å². The summed E-state index contributed by atoms with van der Waals surface area (Å²) in [5, 5.41) is 4.56. The minimum absolute atomic E-state index is 0.132. The van der Waals surface area contributed by atoms with Crippen LogP contribution in [0.2, 0.25) is 0 Å². The first-order chi connectivity index (χ1) is 13.2. The second kappa shape index (κ2) is 5.94. The normalized spacial score (nSPS) is 12.6. The molecule has 0 N–H and O–H groups in total. The molecule has 0 aliphatic carbocycles. The van der Waals surface area contributed by atoms with Gasteiger partial charge in [-0.2, -0.15) is 4.98 Å². The summed E-state index contributed by atoms with van der Waals surface area (Å²) in [7, 11) is 0. The minimum Gasteiger partial charge on any atom is -0.454 e. The molecule has 5 rings (SSSR count). The fraction of sp³-hybridized carbons (Fsp3) is 0.158. The van der Waals surface area contributed by atoms with Crippen molar-refractivity contribution in [2.75, 3.05) is 6.79 Å². The number of aromatic nitrogens is 4. The number of rotatable bonds is 3. The Morgan fingerprint density at radius 3 is 2.85 bits per heavy atom. The average Bonchev–Trinajstić information content (AvgIpc) is 3.33. The van der Waals surface area contributed by atoms with Crippen molar-refractivity contribution in [3.8, 4) is 23.0 Å². The van der Waals surface area contributed by atoms with Crippen molar-refractivity contribution in [2.24, 2.45) is 0 Å². The molecule has 2 aromatic carbocycles. The molecule has 8 nitrogen and oxygen atoms in total. The summed E-state index contributed by atoms with van der Waals surface area (Å²) in [6.45, 7) is 2.16. The van der Waals surface area contributed by atoms with E-state index in [9.17, 15) is 4.79 Å². The van der Waals surface area contributed by atoms with Gasteiger partial charge < -0.3 is 14.0 Å². The number of aryl methyl sites for hydroxylation is 1. The quantitative estimate of drug-likeness (QED) is 0.553. The Morgan fingerprint density at radius 2 is 1.93 bits per heavy atom. The number of ether oxygens (including phenoxy) is 2. The van der Waals surface area contributed by atoms with Crippen LogP contribution < -0.4 is 15.0 Å². The lowest BCUT2D eigenvalue weighted by atomic mass is 10.2. The van der Waals surface area contributed by atoms with Crippen molar-refractivity contribution in [3.05, 3.63) is 64.5 Å². The third-order valence-electron chi connectivity index (χ3n) is 4.44. The molecule has 1 aliphatic rings. The Hall–Kier alpha value is -3.68. The number of para-hydroxylation sites is 1. The second-order valence-electron chi connectivity index (χ2n) is 6.15. The summed E-state index contributed by atoms with van der Waals surface area (Å²) in [6, 6.07) is 12.7. The highest BCUT2D eigenvalue weighted by atomic mass is 16.7. The van der Waals surface area contributed by atoms with Gasteiger partial charge in [0.05, 0.1) is 17.4 Å². The minimum atomic E-state index is -0.132. The van der Waals surface area contributed by atoms with Gasteiger partial charge in [0.2, 0.25) is 6.79 Å². The first-order valence-electron chi connectivity index (χ1n) is 8.38. The molecule has 8 heteroatoms. The summed E-state index contributed by atoms with van der Waals surface area (Å²) in [5.74, 6) is 2.65. The lowest BCUT2D eigenvalue weighted by molar-refractivity contribution is 0.174. The van der Waals surface area contributed by atoms with E-state index in [4.69, 9.17) is 14.0 Å². The molecular formula is C19H14N4O4. The molecule has 0 fully saturated rings. The molecular weight excluding hydrogens is 348 g/mol. The Bertz CT molecular complexity index is 1230. The summed E-state index contributed by atoms with van der Waals surface area (Å²) in [6.07, 6.45) is 0. The maximum atomic E-state index is 12.8. The molecule has 0 bridgehead atoms. The number of nitrogens with zero attached hydrogens (tertiary/aromatic N) is 4. The van der Waals surface area contributed by atoms with E-state index in [2.05, 4.69) is 15.1 Å². The third kappa shape index (κ3) is 2.62. The molecule has 4 aromatic rings. The van der Waals surface area contributed by atoms with Gasteiger partial charge in [0.15, 0.2) is 17.3 Å². The first kappa shape index (κ1) is 15.6. The largest absolute Gasteiger partial charge is 0.454 e. The Morgan fingerprint density at radius 1 is 1.07 bits per heavy atom. The van der Waals surface area contributed by atoms with E-state index in [0.717, 1.165) is 5.56 Å². The summed E-state index contributed by atoms with van der Waals surface area (Å²) >= 11 is 0. The van der Waals surface area contributed by atoms with Gasteiger partial charge in [-0.05, 0) is 37.3 Å². The lowest BCUT2D eigenvalue weighted by Crippen LogP contribution is -2.24. The van der Waals surface area contributed by atoms with Crippen molar-refractivity contribution in [1.29, 1.82) is 0 Å². The van der Waals surface area contributed by atoms with Crippen LogP contribution in [-0.4, -0.2) is 26.5 Å². The first-order valence-corrected chi connectivity index (χ1v) is 8.38. The van der Waals surface area contributed by atoms with Gasteiger partial charge in [0.25, 0.3) is 11.4 Å². The van der Waals surface area contributed by atoms with Gasteiger partial charge in [-0.1, -0.05) is 17.3 Å². The summed E-state index contributed by atoms with van der Waals surface area (Å²) < 4.78 is 17.6. The number of benzene rings is 2. The SMILES string of the molecule is Cc1nc2ccccc2c(=O)n1Cc1noc(-c2ccc3c(c2)OCO3)n1. The van der Waals surface area contributed by atoms with Gasteiger partial charge >= 0.3 is 0 Å². The molecule has 2 aromatic heterocycles. The fourth-order valence-corrected chi connectivity index (χ4v) is 3.07. The zero-order valence-corrected chi connectivity index (χ0v) is 14.4. The van der Waals surface area contributed by atoms with Gasteiger partial charge in [0, 0.05) is 5.56 Å². The van der Waals surface area contributed by atoms with E-state index in [-0.39, 0.29) is 18.9 Å². The number of hydrogen-bond acceptors (Lipinski definition) is 7. The van der Waals surface area contributed by atoms with E-state index in [0.29, 0.717) is 39.9 Å². The van der Waals surface area contributed by atoms with Crippen molar-refractivity contribution < 1.29 is 14.0 Å². The molecule has 0 radical (unpaired) electrons.